The van der Waals surface area contributed by atoms with Crippen LogP contribution in [0.3, 0.4) is 0 Å². The molecule has 0 fully saturated rings. The number of aromatic nitrogens is 3. The van der Waals surface area contributed by atoms with Gasteiger partial charge in [-0.25, -0.2) is 4.98 Å². The summed E-state index contributed by atoms with van der Waals surface area (Å²) < 4.78 is 1.71. The maximum absolute atomic E-state index is 11.4. The van der Waals surface area contributed by atoms with Gasteiger partial charge in [-0.15, -0.1) is 0 Å². The molecule has 0 aliphatic carbocycles. The summed E-state index contributed by atoms with van der Waals surface area (Å²) in [4.78, 5) is 15.5. The van der Waals surface area contributed by atoms with Gasteiger partial charge in [0, 0.05) is 26.6 Å². The first-order valence-corrected chi connectivity index (χ1v) is 5.90. The van der Waals surface area contributed by atoms with Gasteiger partial charge in [0.05, 0.1) is 6.54 Å². The summed E-state index contributed by atoms with van der Waals surface area (Å²) in [5.74, 6) is 1.45. The molecule has 96 valence electrons. The Morgan fingerprint density at radius 1 is 1.53 bits per heavy atom. The maximum atomic E-state index is 11.4. The van der Waals surface area contributed by atoms with Gasteiger partial charge in [0.2, 0.25) is 5.91 Å². The SMILES string of the molecule is CC(C)CNC(=O)CCNCc1ncnn1C. The van der Waals surface area contributed by atoms with Gasteiger partial charge < -0.3 is 10.6 Å². The van der Waals surface area contributed by atoms with Crippen molar-refractivity contribution in [3.63, 3.8) is 0 Å². The van der Waals surface area contributed by atoms with Crippen LogP contribution in [0.25, 0.3) is 0 Å². The highest BCUT2D eigenvalue weighted by Crippen LogP contribution is 1.90. The summed E-state index contributed by atoms with van der Waals surface area (Å²) in [6, 6.07) is 0. The molecule has 6 nitrogen and oxygen atoms in total. The maximum Gasteiger partial charge on any atom is 0.221 e. The predicted molar refractivity (Wildman–Crippen MR) is 65.2 cm³/mol. The Bertz CT molecular complexity index is 347. The number of amides is 1. The molecule has 0 atom stereocenters. The topological polar surface area (TPSA) is 71.8 Å². The van der Waals surface area contributed by atoms with Crippen LogP contribution in [-0.4, -0.2) is 33.8 Å². The van der Waals surface area contributed by atoms with E-state index >= 15 is 0 Å². The standard InChI is InChI=1S/C11H21N5O/c1-9(2)6-13-11(17)4-5-12-7-10-14-8-15-16(10)3/h8-9,12H,4-7H2,1-3H3,(H,13,17). The van der Waals surface area contributed by atoms with Gasteiger partial charge in [-0.1, -0.05) is 13.8 Å². The highest BCUT2D eigenvalue weighted by Gasteiger charge is 2.03. The number of carbonyl (C=O) groups excluding carboxylic acids is 1. The van der Waals surface area contributed by atoms with Gasteiger partial charge in [0.1, 0.15) is 12.2 Å². The van der Waals surface area contributed by atoms with Crippen LogP contribution in [0.15, 0.2) is 6.33 Å². The molecular weight excluding hydrogens is 218 g/mol. The molecular formula is C11H21N5O. The Kier molecular flexibility index (Phi) is 5.62. The van der Waals surface area contributed by atoms with Crippen LogP contribution in [0.1, 0.15) is 26.1 Å². The van der Waals surface area contributed by atoms with Crippen molar-refractivity contribution in [2.45, 2.75) is 26.8 Å². The molecule has 0 unspecified atom stereocenters. The number of hydrogen-bond donors (Lipinski definition) is 2. The minimum atomic E-state index is 0.0872. The van der Waals surface area contributed by atoms with Crippen molar-refractivity contribution >= 4 is 5.91 Å². The lowest BCUT2D eigenvalue weighted by Gasteiger charge is -2.08. The average Bonchev–Trinajstić information content (AvgIpc) is 2.68. The number of rotatable bonds is 7. The Balaban J connectivity index is 2.08. The Hall–Kier alpha value is -1.43. The second-order valence-corrected chi connectivity index (χ2v) is 4.42. The fourth-order valence-corrected chi connectivity index (χ4v) is 1.29. The van der Waals surface area contributed by atoms with Crippen molar-refractivity contribution in [1.82, 2.24) is 25.4 Å². The molecule has 2 N–H and O–H groups in total. The largest absolute Gasteiger partial charge is 0.356 e. The molecule has 0 saturated heterocycles. The summed E-state index contributed by atoms with van der Waals surface area (Å²) in [7, 11) is 1.85. The van der Waals surface area contributed by atoms with Crippen LogP contribution >= 0.6 is 0 Å². The van der Waals surface area contributed by atoms with E-state index in [1.165, 1.54) is 6.33 Å². The van der Waals surface area contributed by atoms with E-state index in [4.69, 9.17) is 0 Å². The van der Waals surface area contributed by atoms with Gasteiger partial charge in [-0.05, 0) is 5.92 Å². The van der Waals surface area contributed by atoms with Gasteiger partial charge >= 0.3 is 0 Å². The van der Waals surface area contributed by atoms with Crippen LogP contribution in [0.5, 0.6) is 0 Å². The molecule has 1 heterocycles. The Morgan fingerprint density at radius 2 is 2.29 bits per heavy atom. The molecule has 0 aromatic carbocycles. The number of aryl methyl sites for hydroxylation is 1. The van der Waals surface area contributed by atoms with E-state index in [0.29, 0.717) is 25.4 Å². The molecule has 0 spiro atoms. The first-order valence-electron chi connectivity index (χ1n) is 5.90. The second-order valence-electron chi connectivity index (χ2n) is 4.42. The van der Waals surface area contributed by atoms with E-state index in [1.807, 2.05) is 7.05 Å². The first-order chi connectivity index (χ1) is 8.09. The van der Waals surface area contributed by atoms with Crippen molar-refractivity contribution in [3.8, 4) is 0 Å². The molecule has 6 heteroatoms. The average molecular weight is 239 g/mol. The van der Waals surface area contributed by atoms with E-state index in [1.54, 1.807) is 4.68 Å². The zero-order valence-corrected chi connectivity index (χ0v) is 10.7. The van der Waals surface area contributed by atoms with Crippen LogP contribution in [0.2, 0.25) is 0 Å². The lowest BCUT2D eigenvalue weighted by molar-refractivity contribution is -0.121. The Morgan fingerprint density at radius 3 is 2.88 bits per heavy atom. The van der Waals surface area contributed by atoms with Crippen LogP contribution < -0.4 is 10.6 Å². The van der Waals surface area contributed by atoms with E-state index in [9.17, 15) is 4.79 Å². The van der Waals surface area contributed by atoms with E-state index in [2.05, 4.69) is 34.6 Å². The monoisotopic (exact) mass is 239 g/mol. The zero-order chi connectivity index (χ0) is 12.7. The summed E-state index contributed by atoms with van der Waals surface area (Å²) in [5.41, 5.74) is 0. The number of nitrogens with one attached hydrogen (secondary N) is 2. The normalized spacial score (nSPS) is 10.8. The molecule has 0 aliphatic heterocycles. The molecule has 0 aliphatic rings. The summed E-state index contributed by atoms with van der Waals surface area (Å²) >= 11 is 0. The highest BCUT2D eigenvalue weighted by atomic mass is 16.1. The molecule has 0 radical (unpaired) electrons. The molecule has 1 amide bonds. The predicted octanol–water partition coefficient (Wildman–Crippen LogP) is 0.0670. The number of carbonyl (C=O) groups is 1. The first kappa shape index (κ1) is 13.6. The van der Waals surface area contributed by atoms with Crippen molar-refractivity contribution in [2.24, 2.45) is 13.0 Å². The van der Waals surface area contributed by atoms with Crippen molar-refractivity contribution in [2.75, 3.05) is 13.1 Å². The van der Waals surface area contributed by atoms with Gasteiger partial charge in [-0.2, -0.15) is 5.10 Å². The van der Waals surface area contributed by atoms with E-state index < -0.39 is 0 Å². The highest BCUT2D eigenvalue weighted by molar-refractivity contribution is 5.76. The number of nitrogens with zero attached hydrogens (tertiary/aromatic N) is 3. The third-order valence-corrected chi connectivity index (χ3v) is 2.32. The smallest absolute Gasteiger partial charge is 0.221 e. The minimum Gasteiger partial charge on any atom is -0.356 e. The van der Waals surface area contributed by atoms with Gasteiger partial charge in [0.15, 0.2) is 0 Å². The molecule has 1 aromatic heterocycles. The second kappa shape index (κ2) is 7.01. The molecule has 0 bridgehead atoms. The summed E-state index contributed by atoms with van der Waals surface area (Å²) in [6.07, 6.45) is 2.01. The lowest BCUT2D eigenvalue weighted by Crippen LogP contribution is -2.30. The molecule has 1 rings (SSSR count). The Labute approximate surface area is 102 Å². The van der Waals surface area contributed by atoms with E-state index in [-0.39, 0.29) is 5.91 Å². The minimum absolute atomic E-state index is 0.0872. The summed E-state index contributed by atoms with van der Waals surface area (Å²) in [5, 5.41) is 10.0. The van der Waals surface area contributed by atoms with Crippen molar-refractivity contribution in [3.05, 3.63) is 12.2 Å². The van der Waals surface area contributed by atoms with Gasteiger partial charge in [0.25, 0.3) is 0 Å². The van der Waals surface area contributed by atoms with Gasteiger partial charge in [-0.3, -0.25) is 9.48 Å². The van der Waals surface area contributed by atoms with Crippen molar-refractivity contribution < 1.29 is 4.79 Å². The quantitative estimate of drug-likeness (QED) is 0.660. The third kappa shape index (κ3) is 5.44. The fraction of sp³-hybridized carbons (Fsp3) is 0.727. The third-order valence-electron chi connectivity index (χ3n) is 2.32. The summed E-state index contributed by atoms with van der Waals surface area (Å²) in [6.45, 7) is 6.17. The van der Waals surface area contributed by atoms with Crippen LogP contribution in [0.4, 0.5) is 0 Å². The van der Waals surface area contributed by atoms with Crippen LogP contribution in [0, 0.1) is 5.92 Å². The lowest BCUT2D eigenvalue weighted by atomic mass is 10.2. The molecule has 0 saturated carbocycles. The number of hydrogen-bond acceptors (Lipinski definition) is 4. The van der Waals surface area contributed by atoms with Crippen LogP contribution in [-0.2, 0) is 18.4 Å². The zero-order valence-electron chi connectivity index (χ0n) is 10.7. The van der Waals surface area contributed by atoms with Crippen molar-refractivity contribution in [1.29, 1.82) is 0 Å². The molecule has 1 aromatic rings. The van der Waals surface area contributed by atoms with E-state index in [0.717, 1.165) is 12.4 Å². The molecule has 17 heavy (non-hydrogen) atoms. The fourth-order valence-electron chi connectivity index (χ4n) is 1.29.